The average Bonchev–Trinajstić information content (AvgIpc) is 2.97. The summed E-state index contributed by atoms with van der Waals surface area (Å²) in [5.41, 5.74) is 1.46. The number of carbonyl (C=O) groups is 2. The SMILES string of the molecule is CC(C)(C)C(=O)N1CCN(C(=O)c2cnn3c2CCCC3)CC1. The van der Waals surface area contributed by atoms with Gasteiger partial charge >= 0.3 is 0 Å². The molecule has 0 saturated carbocycles. The number of amides is 2. The number of piperazine rings is 1. The van der Waals surface area contributed by atoms with Crippen LogP contribution in [0.2, 0.25) is 0 Å². The number of hydrogen-bond donors (Lipinski definition) is 0. The molecule has 0 radical (unpaired) electrons. The number of rotatable bonds is 1. The zero-order chi connectivity index (χ0) is 16.6. The van der Waals surface area contributed by atoms with Crippen LogP contribution in [0.5, 0.6) is 0 Å². The molecule has 2 amide bonds. The van der Waals surface area contributed by atoms with Crippen molar-refractivity contribution >= 4 is 11.8 Å². The molecule has 1 aromatic rings. The molecule has 0 spiro atoms. The van der Waals surface area contributed by atoms with Gasteiger partial charge in [-0.2, -0.15) is 5.10 Å². The van der Waals surface area contributed by atoms with Crippen molar-refractivity contribution in [2.24, 2.45) is 5.41 Å². The minimum Gasteiger partial charge on any atom is -0.339 e. The van der Waals surface area contributed by atoms with Crippen LogP contribution in [0.25, 0.3) is 0 Å². The first-order valence-electron chi connectivity index (χ1n) is 8.51. The summed E-state index contributed by atoms with van der Waals surface area (Å²) in [6.07, 6.45) is 4.91. The largest absolute Gasteiger partial charge is 0.339 e. The van der Waals surface area contributed by atoms with Crippen molar-refractivity contribution in [2.75, 3.05) is 26.2 Å². The molecule has 3 rings (SSSR count). The van der Waals surface area contributed by atoms with Crippen molar-refractivity contribution < 1.29 is 9.59 Å². The molecule has 2 aliphatic rings. The molecule has 1 saturated heterocycles. The number of aryl methyl sites for hydroxylation is 1. The predicted octanol–water partition coefficient (Wildman–Crippen LogP) is 1.55. The van der Waals surface area contributed by atoms with Gasteiger partial charge in [0.2, 0.25) is 5.91 Å². The number of fused-ring (bicyclic) bond motifs is 1. The summed E-state index contributed by atoms with van der Waals surface area (Å²) in [6, 6.07) is 0. The van der Waals surface area contributed by atoms with E-state index in [-0.39, 0.29) is 17.2 Å². The van der Waals surface area contributed by atoms with Gasteiger partial charge in [0.05, 0.1) is 17.5 Å². The third kappa shape index (κ3) is 3.12. The van der Waals surface area contributed by atoms with E-state index in [9.17, 15) is 9.59 Å². The second kappa shape index (κ2) is 5.98. The molecule has 1 aromatic heterocycles. The van der Waals surface area contributed by atoms with Crippen LogP contribution in [0.4, 0.5) is 0 Å². The summed E-state index contributed by atoms with van der Waals surface area (Å²) >= 11 is 0. The second-order valence-electron chi connectivity index (χ2n) is 7.52. The summed E-state index contributed by atoms with van der Waals surface area (Å²) in [5, 5.41) is 4.35. The van der Waals surface area contributed by atoms with Crippen molar-refractivity contribution in [2.45, 2.75) is 46.6 Å². The highest BCUT2D eigenvalue weighted by Gasteiger charge is 2.32. The summed E-state index contributed by atoms with van der Waals surface area (Å²) in [4.78, 5) is 28.8. The average molecular weight is 318 g/mol. The molecule has 6 nitrogen and oxygen atoms in total. The molecule has 3 heterocycles. The van der Waals surface area contributed by atoms with Crippen LogP contribution >= 0.6 is 0 Å². The monoisotopic (exact) mass is 318 g/mol. The number of nitrogens with zero attached hydrogens (tertiary/aromatic N) is 4. The molecule has 0 unspecified atom stereocenters. The fraction of sp³-hybridized carbons (Fsp3) is 0.706. The maximum atomic E-state index is 12.8. The number of aromatic nitrogens is 2. The molecule has 2 aliphatic heterocycles. The third-order valence-corrected chi connectivity index (χ3v) is 4.71. The van der Waals surface area contributed by atoms with Crippen molar-refractivity contribution in [1.82, 2.24) is 19.6 Å². The molecule has 126 valence electrons. The van der Waals surface area contributed by atoms with Gasteiger partial charge in [0, 0.05) is 38.1 Å². The van der Waals surface area contributed by atoms with Gasteiger partial charge in [0.1, 0.15) is 0 Å². The van der Waals surface area contributed by atoms with Gasteiger partial charge in [0.25, 0.3) is 5.91 Å². The Kier molecular flexibility index (Phi) is 4.17. The molecule has 1 fully saturated rings. The van der Waals surface area contributed by atoms with E-state index in [1.165, 1.54) is 0 Å². The Bertz CT molecular complexity index is 607. The van der Waals surface area contributed by atoms with Crippen LogP contribution in [-0.2, 0) is 17.8 Å². The first kappa shape index (κ1) is 16.0. The Morgan fingerprint density at radius 2 is 1.65 bits per heavy atom. The fourth-order valence-electron chi connectivity index (χ4n) is 3.36. The summed E-state index contributed by atoms with van der Waals surface area (Å²) in [5.74, 6) is 0.225. The van der Waals surface area contributed by atoms with Crippen LogP contribution in [0.15, 0.2) is 6.20 Å². The Morgan fingerprint density at radius 3 is 2.30 bits per heavy atom. The molecule has 0 atom stereocenters. The fourth-order valence-corrected chi connectivity index (χ4v) is 3.36. The van der Waals surface area contributed by atoms with Gasteiger partial charge < -0.3 is 9.80 Å². The van der Waals surface area contributed by atoms with E-state index in [1.807, 2.05) is 35.3 Å². The number of carbonyl (C=O) groups excluding carboxylic acids is 2. The molecular weight excluding hydrogens is 292 g/mol. The minimum atomic E-state index is -0.364. The van der Waals surface area contributed by atoms with Crippen LogP contribution in [0, 0.1) is 5.41 Å². The van der Waals surface area contributed by atoms with Crippen LogP contribution in [0.1, 0.15) is 49.7 Å². The predicted molar refractivity (Wildman–Crippen MR) is 87.1 cm³/mol. The van der Waals surface area contributed by atoms with E-state index in [0.29, 0.717) is 26.2 Å². The van der Waals surface area contributed by atoms with Gasteiger partial charge in [-0.1, -0.05) is 20.8 Å². The van der Waals surface area contributed by atoms with E-state index < -0.39 is 0 Å². The maximum Gasteiger partial charge on any atom is 0.257 e. The highest BCUT2D eigenvalue weighted by Crippen LogP contribution is 2.22. The van der Waals surface area contributed by atoms with Gasteiger partial charge in [-0.05, 0) is 19.3 Å². The summed E-state index contributed by atoms with van der Waals surface area (Å²) < 4.78 is 1.97. The van der Waals surface area contributed by atoms with E-state index in [4.69, 9.17) is 0 Å². The van der Waals surface area contributed by atoms with Crippen LogP contribution in [0.3, 0.4) is 0 Å². The van der Waals surface area contributed by atoms with Gasteiger partial charge in [-0.15, -0.1) is 0 Å². The van der Waals surface area contributed by atoms with Gasteiger partial charge in [0.15, 0.2) is 0 Å². The summed E-state index contributed by atoms with van der Waals surface area (Å²) in [6.45, 7) is 9.16. The lowest BCUT2D eigenvalue weighted by atomic mass is 9.94. The molecule has 6 heteroatoms. The Hall–Kier alpha value is -1.85. The number of hydrogen-bond acceptors (Lipinski definition) is 3. The standard InChI is InChI=1S/C17H26N4O2/c1-17(2,3)16(23)20-10-8-19(9-11-20)15(22)13-12-18-21-7-5-4-6-14(13)21/h12H,4-11H2,1-3H3. The molecular formula is C17H26N4O2. The lowest BCUT2D eigenvalue weighted by molar-refractivity contribution is -0.140. The smallest absolute Gasteiger partial charge is 0.257 e. The first-order chi connectivity index (χ1) is 10.9. The van der Waals surface area contributed by atoms with E-state index in [1.54, 1.807) is 6.20 Å². The van der Waals surface area contributed by atoms with Crippen LogP contribution in [-0.4, -0.2) is 57.6 Å². The lowest BCUT2D eigenvalue weighted by Gasteiger charge is -2.37. The van der Waals surface area contributed by atoms with Gasteiger partial charge in [-0.3, -0.25) is 14.3 Å². The van der Waals surface area contributed by atoms with Crippen molar-refractivity contribution in [3.8, 4) is 0 Å². The van der Waals surface area contributed by atoms with Crippen LogP contribution < -0.4 is 0 Å². The molecule has 0 bridgehead atoms. The zero-order valence-electron chi connectivity index (χ0n) is 14.3. The molecule has 23 heavy (non-hydrogen) atoms. The van der Waals surface area contributed by atoms with Crippen molar-refractivity contribution in [3.05, 3.63) is 17.5 Å². The Balaban J connectivity index is 1.65. The highest BCUT2D eigenvalue weighted by molar-refractivity contribution is 5.95. The van der Waals surface area contributed by atoms with Crippen molar-refractivity contribution in [1.29, 1.82) is 0 Å². The Morgan fingerprint density at radius 1 is 1.00 bits per heavy atom. The molecule has 0 aromatic carbocycles. The molecule has 0 aliphatic carbocycles. The van der Waals surface area contributed by atoms with E-state index >= 15 is 0 Å². The van der Waals surface area contributed by atoms with E-state index in [0.717, 1.165) is 37.1 Å². The van der Waals surface area contributed by atoms with Gasteiger partial charge in [-0.25, -0.2) is 0 Å². The quantitative estimate of drug-likeness (QED) is 0.789. The Labute approximate surface area is 137 Å². The minimum absolute atomic E-state index is 0.0657. The second-order valence-corrected chi connectivity index (χ2v) is 7.52. The third-order valence-electron chi connectivity index (χ3n) is 4.71. The van der Waals surface area contributed by atoms with E-state index in [2.05, 4.69) is 5.10 Å². The molecule has 0 N–H and O–H groups in total. The zero-order valence-corrected chi connectivity index (χ0v) is 14.3. The maximum absolute atomic E-state index is 12.8. The highest BCUT2D eigenvalue weighted by atomic mass is 16.2. The lowest BCUT2D eigenvalue weighted by Crippen LogP contribution is -2.53. The normalized spacial score (nSPS) is 18.7. The topological polar surface area (TPSA) is 58.4 Å². The summed E-state index contributed by atoms with van der Waals surface area (Å²) in [7, 11) is 0. The van der Waals surface area contributed by atoms with Crippen molar-refractivity contribution in [3.63, 3.8) is 0 Å². The first-order valence-corrected chi connectivity index (χ1v) is 8.51.